The van der Waals surface area contributed by atoms with Gasteiger partial charge in [0.15, 0.2) is 0 Å². The molecule has 1 aliphatic rings. The standard InChI is InChI=1S/C13H23NO4/c1-9(14-12(16)18-13(2,3)4)11(15)17-10-7-5-6-8-10/h9-10H,5-8H2,1-4H3,(H,14,16). The number of alkyl carbamates (subject to hydrolysis) is 1. The summed E-state index contributed by atoms with van der Waals surface area (Å²) in [5.41, 5.74) is -0.570. The monoisotopic (exact) mass is 257 g/mol. The van der Waals surface area contributed by atoms with Gasteiger partial charge in [-0.2, -0.15) is 0 Å². The molecule has 1 amide bonds. The average molecular weight is 257 g/mol. The highest BCUT2D eigenvalue weighted by Crippen LogP contribution is 2.21. The summed E-state index contributed by atoms with van der Waals surface area (Å²) in [6, 6.07) is -0.680. The Morgan fingerprint density at radius 3 is 2.28 bits per heavy atom. The molecule has 5 nitrogen and oxygen atoms in total. The van der Waals surface area contributed by atoms with Gasteiger partial charge < -0.3 is 14.8 Å². The van der Waals surface area contributed by atoms with Crippen molar-refractivity contribution in [2.45, 2.75) is 71.1 Å². The lowest BCUT2D eigenvalue weighted by molar-refractivity contribution is -0.150. The van der Waals surface area contributed by atoms with E-state index in [2.05, 4.69) is 5.32 Å². The van der Waals surface area contributed by atoms with Gasteiger partial charge in [-0.15, -0.1) is 0 Å². The molecule has 18 heavy (non-hydrogen) atoms. The van der Waals surface area contributed by atoms with Crippen LogP contribution in [0.3, 0.4) is 0 Å². The molecule has 104 valence electrons. The lowest BCUT2D eigenvalue weighted by atomic mass is 10.2. The number of nitrogens with one attached hydrogen (secondary N) is 1. The van der Waals surface area contributed by atoms with E-state index in [0.29, 0.717) is 0 Å². The van der Waals surface area contributed by atoms with Gasteiger partial charge >= 0.3 is 12.1 Å². The third-order valence-corrected chi connectivity index (χ3v) is 2.67. The number of carbonyl (C=O) groups is 2. The highest BCUT2D eigenvalue weighted by molar-refractivity contribution is 5.81. The number of hydrogen-bond donors (Lipinski definition) is 1. The highest BCUT2D eigenvalue weighted by atomic mass is 16.6. The van der Waals surface area contributed by atoms with Crippen LogP contribution in [-0.4, -0.2) is 29.8 Å². The van der Waals surface area contributed by atoms with E-state index >= 15 is 0 Å². The molecule has 0 aromatic rings. The highest BCUT2D eigenvalue weighted by Gasteiger charge is 2.25. The molecule has 0 aromatic carbocycles. The summed E-state index contributed by atoms with van der Waals surface area (Å²) >= 11 is 0. The molecule has 0 spiro atoms. The van der Waals surface area contributed by atoms with E-state index in [4.69, 9.17) is 9.47 Å². The maximum atomic E-state index is 11.7. The lowest BCUT2D eigenvalue weighted by Crippen LogP contribution is -2.43. The molecule has 1 fully saturated rings. The summed E-state index contributed by atoms with van der Waals surface area (Å²) in [4.78, 5) is 23.2. The molecular weight excluding hydrogens is 234 g/mol. The summed E-state index contributed by atoms with van der Waals surface area (Å²) in [6.45, 7) is 6.91. The number of rotatable bonds is 3. The summed E-state index contributed by atoms with van der Waals surface area (Å²) < 4.78 is 10.4. The first kappa shape index (κ1) is 14.8. The fourth-order valence-electron chi connectivity index (χ4n) is 1.82. The Labute approximate surface area is 108 Å². The Bertz CT molecular complexity index is 303. The Kier molecular flexibility index (Phi) is 4.99. The first-order valence-corrected chi connectivity index (χ1v) is 6.48. The Balaban J connectivity index is 2.32. The van der Waals surface area contributed by atoms with Gasteiger partial charge in [-0.05, 0) is 53.4 Å². The van der Waals surface area contributed by atoms with Crippen molar-refractivity contribution >= 4 is 12.1 Å². The van der Waals surface area contributed by atoms with Gasteiger partial charge in [0, 0.05) is 0 Å². The second kappa shape index (κ2) is 6.07. The van der Waals surface area contributed by atoms with E-state index in [9.17, 15) is 9.59 Å². The molecule has 1 unspecified atom stereocenters. The second-order valence-corrected chi connectivity index (χ2v) is 5.71. The van der Waals surface area contributed by atoms with E-state index in [1.165, 1.54) is 0 Å². The van der Waals surface area contributed by atoms with Crippen LogP contribution in [0.4, 0.5) is 4.79 Å². The van der Waals surface area contributed by atoms with Crippen molar-refractivity contribution in [2.75, 3.05) is 0 Å². The topological polar surface area (TPSA) is 64.6 Å². The molecule has 5 heteroatoms. The van der Waals surface area contributed by atoms with Gasteiger partial charge in [0.1, 0.15) is 17.7 Å². The zero-order valence-electron chi connectivity index (χ0n) is 11.6. The first-order chi connectivity index (χ1) is 8.28. The maximum Gasteiger partial charge on any atom is 0.408 e. The molecule has 0 radical (unpaired) electrons. The molecule has 1 rings (SSSR count). The molecule has 0 saturated heterocycles. The number of esters is 1. The first-order valence-electron chi connectivity index (χ1n) is 6.48. The SMILES string of the molecule is CC(NC(=O)OC(C)(C)C)C(=O)OC1CCCC1. The molecule has 1 atom stereocenters. The van der Waals surface area contributed by atoms with Crippen LogP contribution >= 0.6 is 0 Å². The van der Waals surface area contributed by atoms with Crippen LogP contribution < -0.4 is 5.32 Å². The summed E-state index contributed by atoms with van der Waals surface area (Å²) in [7, 11) is 0. The molecule has 1 aliphatic carbocycles. The molecule has 0 aliphatic heterocycles. The van der Waals surface area contributed by atoms with Gasteiger partial charge in [0.25, 0.3) is 0 Å². The molecular formula is C13H23NO4. The molecule has 1 N–H and O–H groups in total. The third kappa shape index (κ3) is 5.38. The minimum absolute atomic E-state index is 0.0142. The van der Waals surface area contributed by atoms with Crippen molar-refractivity contribution < 1.29 is 19.1 Å². The molecule has 0 heterocycles. The van der Waals surface area contributed by atoms with Crippen molar-refractivity contribution in [1.29, 1.82) is 0 Å². The van der Waals surface area contributed by atoms with Crippen LogP contribution in [0.1, 0.15) is 53.4 Å². The minimum Gasteiger partial charge on any atom is -0.461 e. The molecule has 1 saturated carbocycles. The Morgan fingerprint density at radius 2 is 1.78 bits per heavy atom. The smallest absolute Gasteiger partial charge is 0.408 e. The van der Waals surface area contributed by atoms with Crippen molar-refractivity contribution in [1.82, 2.24) is 5.32 Å². The summed E-state index contributed by atoms with van der Waals surface area (Å²) in [5, 5.41) is 2.47. The van der Waals surface area contributed by atoms with E-state index in [1.807, 2.05) is 0 Å². The van der Waals surface area contributed by atoms with Crippen LogP contribution in [0.2, 0.25) is 0 Å². The predicted molar refractivity (Wildman–Crippen MR) is 67.2 cm³/mol. The number of carbonyl (C=O) groups excluding carboxylic acids is 2. The van der Waals surface area contributed by atoms with Gasteiger partial charge in [-0.3, -0.25) is 0 Å². The quantitative estimate of drug-likeness (QED) is 0.788. The second-order valence-electron chi connectivity index (χ2n) is 5.71. The Morgan fingerprint density at radius 1 is 1.22 bits per heavy atom. The van der Waals surface area contributed by atoms with Gasteiger partial charge in [0.2, 0.25) is 0 Å². The molecule has 0 bridgehead atoms. The van der Waals surface area contributed by atoms with E-state index < -0.39 is 23.7 Å². The largest absolute Gasteiger partial charge is 0.461 e. The third-order valence-electron chi connectivity index (χ3n) is 2.67. The maximum absolute atomic E-state index is 11.7. The van der Waals surface area contributed by atoms with Crippen molar-refractivity contribution in [3.8, 4) is 0 Å². The van der Waals surface area contributed by atoms with Crippen LogP contribution in [0.15, 0.2) is 0 Å². The molecule has 0 aromatic heterocycles. The van der Waals surface area contributed by atoms with Crippen molar-refractivity contribution in [3.05, 3.63) is 0 Å². The zero-order chi connectivity index (χ0) is 13.8. The minimum atomic E-state index is -0.680. The van der Waals surface area contributed by atoms with Gasteiger partial charge in [0.05, 0.1) is 0 Å². The fraction of sp³-hybridized carbons (Fsp3) is 0.846. The average Bonchev–Trinajstić information content (AvgIpc) is 2.66. The number of ether oxygens (including phenoxy) is 2. The predicted octanol–water partition coefficient (Wildman–Crippen LogP) is 2.39. The van der Waals surface area contributed by atoms with E-state index in [0.717, 1.165) is 25.7 Å². The number of amides is 1. The summed E-state index contributed by atoms with van der Waals surface area (Å²) in [6.07, 6.45) is 3.46. The van der Waals surface area contributed by atoms with Crippen LogP contribution in [0, 0.1) is 0 Å². The number of hydrogen-bond acceptors (Lipinski definition) is 4. The van der Waals surface area contributed by atoms with E-state index in [-0.39, 0.29) is 6.10 Å². The summed E-state index contributed by atoms with van der Waals surface area (Å²) in [5.74, 6) is -0.396. The normalized spacial score (nSPS) is 18.2. The van der Waals surface area contributed by atoms with Gasteiger partial charge in [-0.1, -0.05) is 0 Å². The zero-order valence-corrected chi connectivity index (χ0v) is 11.6. The van der Waals surface area contributed by atoms with Crippen molar-refractivity contribution in [2.24, 2.45) is 0 Å². The fourth-order valence-corrected chi connectivity index (χ4v) is 1.82. The Hall–Kier alpha value is -1.26. The lowest BCUT2D eigenvalue weighted by Gasteiger charge is -2.22. The van der Waals surface area contributed by atoms with Crippen LogP contribution in [0.25, 0.3) is 0 Å². The van der Waals surface area contributed by atoms with Crippen LogP contribution in [-0.2, 0) is 14.3 Å². The van der Waals surface area contributed by atoms with Gasteiger partial charge in [-0.25, -0.2) is 9.59 Å². The van der Waals surface area contributed by atoms with Crippen LogP contribution in [0.5, 0.6) is 0 Å². The van der Waals surface area contributed by atoms with Crippen molar-refractivity contribution in [3.63, 3.8) is 0 Å². The van der Waals surface area contributed by atoms with E-state index in [1.54, 1.807) is 27.7 Å².